The first kappa shape index (κ1) is 27.1. The van der Waals surface area contributed by atoms with Crippen LogP contribution in [0.4, 0.5) is 0 Å². The Balaban J connectivity index is 1.37. The first-order valence-corrected chi connectivity index (χ1v) is 13.8. The van der Waals surface area contributed by atoms with Crippen molar-refractivity contribution < 1.29 is 23.7 Å². The molecule has 0 aromatic heterocycles. The van der Waals surface area contributed by atoms with E-state index in [4.69, 9.17) is 52.0 Å². The van der Waals surface area contributed by atoms with Crippen LogP contribution in [0.2, 0.25) is 10.0 Å². The highest BCUT2D eigenvalue weighted by Crippen LogP contribution is 2.51. The number of hydrogen-bond acceptors (Lipinski definition) is 7. The summed E-state index contributed by atoms with van der Waals surface area (Å²) >= 11 is 13.1. The number of halogens is 2. The predicted octanol–water partition coefficient (Wildman–Crippen LogP) is 7.84. The molecule has 210 valence electrons. The van der Waals surface area contributed by atoms with Crippen LogP contribution in [0, 0.1) is 0 Å². The molecule has 0 spiro atoms. The van der Waals surface area contributed by atoms with E-state index in [9.17, 15) is 0 Å². The van der Waals surface area contributed by atoms with Crippen molar-refractivity contribution in [2.45, 2.75) is 25.3 Å². The number of nitrogens with zero attached hydrogens (tertiary/aromatic N) is 2. The van der Waals surface area contributed by atoms with Crippen LogP contribution >= 0.6 is 23.2 Å². The van der Waals surface area contributed by atoms with Crippen LogP contribution in [0.3, 0.4) is 0 Å². The minimum absolute atomic E-state index is 0.150. The van der Waals surface area contributed by atoms with E-state index in [1.807, 2.05) is 77.8 Å². The first-order chi connectivity index (χ1) is 20.0. The molecule has 0 saturated heterocycles. The van der Waals surface area contributed by atoms with Gasteiger partial charge in [0, 0.05) is 28.1 Å². The zero-order valence-electron chi connectivity index (χ0n) is 22.8. The van der Waals surface area contributed by atoms with Crippen molar-refractivity contribution in [2.75, 3.05) is 21.3 Å². The minimum atomic E-state index is -0.569. The van der Waals surface area contributed by atoms with E-state index in [2.05, 4.69) is 0 Å². The summed E-state index contributed by atoms with van der Waals surface area (Å²) in [7, 11) is 4.85. The lowest BCUT2D eigenvalue weighted by atomic mass is 9.95. The highest BCUT2D eigenvalue weighted by Gasteiger charge is 2.42. The topological polar surface area (TPSA) is 61.8 Å². The van der Waals surface area contributed by atoms with E-state index in [-0.39, 0.29) is 6.04 Å². The van der Waals surface area contributed by atoms with E-state index < -0.39 is 6.23 Å². The lowest BCUT2D eigenvalue weighted by molar-refractivity contribution is -0.0190. The highest BCUT2D eigenvalue weighted by atomic mass is 35.5. The molecule has 2 heterocycles. The van der Waals surface area contributed by atoms with Crippen molar-refractivity contribution in [3.63, 3.8) is 0 Å². The lowest BCUT2D eigenvalue weighted by Gasteiger charge is -2.38. The molecule has 2 aliphatic heterocycles. The van der Waals surface area contributed by atoms with Gasteiger partial charge in [0.05, 0.1) is 38.1 Å². The number of benzene rings is 4. The van der Waals surface area contributed by atoms with Crippen LogP contribution in [0.15, 0.2) is 84.0 Å². The zero-order valence-corrected chi connectivity index (χ0v) is 24.3. The minimum Gasteiger partial charge on any atom is -0.493 e. The van der Waals surface area contributed by atoms with E-state index in [1.54, 1.807) is 27.4 Å². The number of fused-ring (bicyclic) bond motifs is 3. The van der Waals surface area contributed by atoms with Gasteiger partial charge in [-0.2, -0.15) is 5.10 Å². The highest BCUT2D eigenvalue weighted by molar-refractivity contribution is 6.35. The van der Waals surface area contributed by atoms with Crippen LogP contribution in [-0.2, 0) is 6.61 Å². The Morgan fingerprint density at radius 1 is 0.829 bits per heavy atom. The average molecular weight is 591 g/mol. The van der Waals surface area contributed by atoms with Gasteiger partial charge in [-0.1, -0.05) is 53.5 Å². The van der Waals surface area contributed by atoms with Crippen LogP contribution in [-0.4, -0.2) is 32.0 Å². The summed E-state index contributed by atoms with van der Waals surface area (Å²) in [5.74, 6) is 3.10. The van der Waals surface area contributed by atoms with E-state index in [0.717, 1.165) is 28.0 Å². The van der Waals surface area contributed by atoms with Gasteiger partial charge in [-0.25, -0.2) is 5.01 Å². The second kappa shape index (κ2) is 11.4. The third-order valence-corrected chi connectivity index (χ3v) is 7.73. The summed E-state index contributed by atoms with van der Waals surface area (Å²) in [6.07, 6.45) is 0.0508. The zero-order chi connectivity index (χ0) is 28.5. The standard InChI is InChI=1S/C32H28Cl2N2O5/c1-37-27-11-9-20(13-29(27)38-2)25-17-26-23-15-22(33)16-24(34)31(23)41-32(36(26)35-25)21-10-12-28(30(14-21)39-3)40-18-19-7-5-4-6-8-19/h4-16,26,32H,17-18H2,1-3H3/t26-,32-/m1/s1. The molecular weight excluding hydrogens is 563 g/mol. The van der Waals surface area contributed by atoms with Crippen LogP contribution < -0.4 is 23.7 Å². The van der Waals surface area contributed by atoms with Gasteiger partial charge in [0.2, 0.25) is 6.23 Å². The molecule has 0 radical (unpaired) electrons. The Morgan fingerprint density at radius 2 is 1.56 bits per heavy atom. The Kier molecular flexibility index (Phi) is 7.56. The quantitative estimate of drug-likeness (QED) is 0.208. The Hall–Kier alpha value is -4.07. The molecule has 9 heteroatoms. The van der Waals surface area contributed by atoms with Gasteiger partial charge in [-0.15, -0.1) is 0 Å². The molecule has 0 N–H and O–H groups in total. The van der Waals surface area contributed by atoms with Crippen molar-refractivity contribution in [1.29, 1.82) is 0 Å². The second-order valence-electron chi connectivity index (χ2n) is 9.68. The number of methoxy groups -OCH3 is 3. The fourth-order valence-corrected chi connectivity index (χ4v) is 5.77. The lowest BCUT2D eigenvalue weighted by Crippen LogP contribution is -2.33. The van der Waals surface area contributed by atoms with E-state index >= 15 is 0 Å². The van der Waals surface area contributed by atoms with Crippen molar-refractivity contribution in [3.05, 3.63) is 111 Å². The summed E-state index contributed by atoms with van der Waals surface area (Å²) in [4.78, 5) is 0. The maximum Gasteiger partial charge on any atom is 0.214 e. The van der Waals surface area contributed by atoms with Crippen LogP contribution in [0.1, 0.15) is 40.9 Å². The van der Waals surface area contributed by atoms with Gasteiger partial charge >= 0.3 is 0 Å². The SMILES string of the molecule is COc1ccc(C2=NN3[C@H](C2)c2cc(Cl)cc(Cl)c2O[C@@H]3c2ccc(OCc3ccccc3)c(OC)c2)cc1OC. The van der Waals surface area contributed by atoms with E-state index in [1.165, 1.54) is 0 Å². The molecule has 7 nitrogen and oxygen atoms in total. The fraction of sp³-hybridized carbons (Fsp3) is 0.219. The summed E-state index contributed by atoms with van der Waals surface area (Å²) in [5.41, 5.74) is 4.59. The van der Waals surface area contributed by atoms with Gasteiger partial charge < -0.3 is 23.7 Å². The third-order valence-electron chi connectivity index (χ3n) is 7.23. The molecule has 0 fully saturated rings. The van der Waals surface area contributed by atoms with Crippen molar-refractivity contribution in [1.82, 2.24) is 5.01 Å². The van der Waals surface area contributed by atoms with Gasteiger partial charge in [0.25, 0.3) is 0 Å². The monoisotopic (exact) mass is 590 g/mol. The molecular formula is C32H28Cl2N2O5. The van der Waals surface area contributed by atoms with Crippen molar-refractivity contribution in [3.8, 4) is 28.7 Å². The average Bonchev–Trinajstić information content (AvgIpc) is 3.46. The maximum atomic E-state index is 6.66. The number of rotatable bonds is 8. The first-order valence-electron chi connectivity index (χ1n) is 13.1. The largest absolute Gasteiger partial charge is 0.493 e. The molecule has 4 aromatic carbocycles. The fourth-order valence-electron chi connectivity index (χ4n) is 5.22. The van der Waals surface area contributed by atoms with Gasteiger partial charge in [0.1, 0.15) is 12.4 Å². The van der Waals surface area contributed by atoms with Crippen molar-refractivity contribution >= 4 is 28.9 Å². The van der Waals surface area contributed by atoms with Crippen LogP contribution in [0.5, 0.6) is 28.7 Å². The molecule has 6 rings (SSSR count). The van der Waals surface area contributed by atoms with Crippen molar-refractivity contribution in [2.24, 2.45) is 5.10 Å². The smallest absolute Gasteiger partial charge is 0.214 e. The summed E-state index contributed by atoms with van der Waals surface area (Å²) in [5, 5.41) is 8.00. The maximum absolute atomic E-state index is 6.66. The molecule has 0 saturated carbocycles. The van der Waals surface area contributed by atoms with E-state index in [0.29, 0.717) is 51.8 Å². The molecule has 2 aliphatic rings. The van der Waals surface area contributed by atoms with Crippen LogP contribution in [0.25, 0.3) is 0 Å². The number of hydrogen-bond donors (Lipinski definition) is 0. The summed E-state index contributed by atoms with van der Waals surface area (Å²) in [6, 6.07) is 25.0. The summed E-state index contributed by atoms with van der Waals surface area (Å²) in [6.45, 7) is 0.424. The number of ether oxygens (including phenoxy) is 5. The molecule has 0 bridgehead atoms. The normalized spacial score (nSPS) is 17.2. The Labute approximate surface area is 248 Å². The second-order valence-corrected chi connectivity index (χ2v) is 10.5. The molecule has 0 amide bonds. The van der Waals surface area contributed by atoms with Gasteiger partial charge in [-0.3, -0.25) is 0 Å². The molecule has 0 aliphatic carbocycles. The molecule has 2 atom stereocenters. The van der Waals surface area contributed by atoms with Gasteiger partial charge in [-0.05, 0) is 54.1 Å². The Morgan fingerprint density at radius 3 is 2.32 bits per heavy atom. The number of hydrazone groups is 1. The molecule has 0 unspecified atom stereocenters. The van der Waals surface area contributed by atoms with Gasteiger partial charge in [0.15, 0.2) is 23.0 Å². The Bertz CT molecular complexity index is 1610. The summed E-state index contributed by atoms with van der Waals surface area (Å²) < 4.78 is 29.3. The third kappa shape index (κ3) is 5.23. The molecule has 4 aromatic rings. The molecule has 41 heavy (non-hydrogen) atoms. The predicted molar refractivity (Wildman–Crippen MR) is 159 cm³/mol.